The molecule has 0 aliphatic heterocycles. The Labute approximate surface area is 168 Å². The summed E-state index contributed by atoms with van der Waals surface area (Å²) in [6.45, 7) is 4.11. The number of hydrogen-bond acceptors (Lipinski definition) is 3. The van der Waals surface area contributed by atoms with E-state index in [-0.39, 0.29) is 23.8 Å². The molecule has 26 heavy (non-hydrogen) atoms. The van der Waals surface area contributed by atoms with Crippen molar-refractivity contribution in [3.05, 3.63) is 83.9 Å². The van der Waals surface area contributed by atoms with Gasteiger partial charge in [-0.2, -0.15) is 0 Å². The van der Waals surface area contributed by atoms with E-state index in [4.69, 9.17) is 0 Å². The van der Waals surface area contributed by atoms with Crippen LogP contribution in [0.15, 0.2) is 77.7 Å². The minimum Gasteiger partial charge on any atom is -0.744 e. The van der Waals surface area contributed by atoms with Gasteiger partial charge in [-0.25, -0.2) is 8.42 Å². The molecule has 0 aromatic heterocycles. The zero-order chi connectivity index (χ0) is 18.0. The van der Waals surface area contributed by atoms with E-state index in [2.05, 4.69) is 50.2 Å². The van der Waals surface area contributed by atoms with Crippen LogP contribution in [0, 0.1) is 13.8 Å². The third-order valence-electron chi connectivity index (χ3n) is 3.90. The Morgan fingerprint density at radius 2 is 1.19 bits per heavy atom. The standard InChI is InChI=1S/C20H19O3PS.Li/c1-15-5-3-7-18(13-15)24(19-8-4-6-16(2)14-19)17-9-11-20(12-10-17)25(21,22)23;/h3-14H,1-2H3,(H,21,22,23);/q;+1/p-1. The number of rotatable bonds is 4. The van der Waals surface area contributed by atoms with Crippen molar-refractivity contribution in [2.24, 2.45) is 0 Å². The van der Waals surface area contributed by atoms with Gasteiger partial charge in [0.2, 0.25) is 0 Å². The van der Waals surface area contributed by atoms with Crippen LogP contribution in [0.4, 0.5) is 0 Å². The van der Waals surface area contributed by atoms with Crippen molar-refractivity contribution >= 4 is 34.0 Å². The molecule has 3 rings (SSSR count). The largest absolute Gasteiger partial charge is 1.00 e. The van der Waals surface area contributed by atoms with E-state index < -0.39 is 18.0 Å². The fraction of sp³-hybridized carbons (Fsp3) is 0.100. The predicted molar refractivity (Wildman–Crippen MR) is 103 cm³/mol. The van der Waals surface area contributed by atoms with Crippen LogP contribution in [0.3, 0.4) is 0 Å². The summed E-state index contributed by atoms with van der Waals surface area (Å²) in [6, 6.07) is 23.0. The van der Waals surface area contributed by atoms with E-state index in [9.17, 15) is 13.0 Å². The third kappa shape index (κ3) is 4.85. The van der Waals surface area contributed by atoms with E-state index in [1.165, 1.54) is 33.9 Å². The van der Waals surface area contributed by atoms with Crippen LogP contribution in [0.2, 0.25) is 0 Å². The van der Waals surface area contributed by atoms with Crippen LogP contribution in [0.1, 0.15) is 11.1 Å². The van der Waals surface area contributed by atoms with Crippen LogP contribution in [-0.2, 0) is 10.1 Å². The molecule has 0 spiro atoms. The molecule has 3 aromatic carbocycles. The molecule has 0 fully saturated rings. The van der Waals surface area contributed by atoms with Gasteiger partial charge >= 0.3 is 18.9 Å². The molecule has 0 unspecified atom stereocenters. The van der Waals surface area contributed by atoms with Crippen LogP contribution in [-0.4, -0.2) is 13.0 Å². The summed E-state index contributed by atoms with van der Waals surface area (Å²) in [6.07, 6.45) is 0. The van der Waals surface area contributed by atoms with E-state index in [0.29, 0.717) is 0 Å². The second-order valence-electron chi connectivity index (χ2n) is 5.96. The smallest absolute Gasteiger partial charge is 0.744 e. The van der Waals surface area contributed by atoms with Gasteiger partial charge < -0.3 is 4.55 Å². The Bertz CT molecular complexity index is 956. The molecular formula is C20H18LiO3PS. The Balaban J connectivity index is 0.00000243. The summed E-state index contributed by atoms with van der Waals surface area (Å²) in [5.41, 5.74) is 2.35. The van der Waals surface area contributed by atoms with Crippen molar-refractivity contribution in [2.45, 2.75) is 18.7 Å². The van der Waals surface area contributed by atoms with E-state index in [1.54, 1.807) is 12.1 Å². The number of aryl methyl sites for hydroxylation is 2. The van der Waals surface area contributed by atoms with Crippen molar-refractivity contribution in [3.8, 4) is 0 Å². The van der Waals surface area contributed by atoms with Gasteiger partial charge in [-0.3, -0.25) is 0 Å². The molecule has 0 heterocycles. The molecule has 0 N–H and O–H groups in total. The topological polar surface area (TPSA) is 57.2 Å². The Kier molecular flexibility index (Phi) is 6.85. The van der Waals surface area contributed by atoms with Crippen molar-refractivity contribution < 1.29 is 31.8 Å². The van der Waals surface area contributed by atoms with E-state index in [0.717, 1.165) is 5.30 Å². The van der Waals surface area contributed by atoms with Crippen molar-refractivity contribution in [1.29, 1.82) is 0 Å². The van der Waals surface area contributed by atoms with Gasteiger partial charge in [-0.15, -0.1) is 0 Å². The average Bonchev–Trinajstić information content (AvgIpc) is 2.55. The molecule has 6 heteroatoms. The summed E-state index contributed by atoms with van der Waals surface area (Å²) in [4.78, 5) is -0.195. The van der Waals surface area contributed by atoms with Gasteiger partial charge in [0, 0.05) is 0 Å². The quantitative estimate of drug-likeness (QED) is 0.365. The SMILES string of the molecule is Cc1cccc(P(c2ccc(S(=O)(=O)[O-])cc2)c2cccc(C)c2)c1.[Li+]. The van der Waals surface area contributed by atoms with Crippen molar-refractivity contribution in [1.82, 2.24) is 0 Å². The fourth-order valence-corrected chi connectivity index (χ4v) is 5.69. The fourth-order valence-electron chi connectivity index (χ4n) is 2.74. The summed E-state index contributed by atoms with van der Waals surface area (Å²) in [5, 5.41) is 3.40. The maximum absolute atomic E-state index is 11.2. The summed E-state index contributed by atoms with van der Waals surface area (Å²) < 4.78 is 33.6. The normalized spacial score (nSPS) is 11.2. The first-order valence-corrected chi connectivity index (χ1v) is 10.6. The molecule has 0 saturated heterocycles. The van der Waals surface area contributed by atoms with Crippen LogP contribution in [0.25, 0.3) is 0 Å². The van der Waals surface area contributed by atoms with Crippen molar-refractivity contribution in [3.63, 3.8) is 0 Å². The van der Waals surface area contributed by atoms with Gasteiger partial charge in [-0.1, -0.05) is 71.8 Å². The molecule has 0 aliphatic rings. The molecule has 0 radical (unpaired) electrons. The second-order valence-corrected chi connectivity index (χ2v) is 9.56. The number of hydrogen-bond donors (Lipinski definition) is 0. The first-order valence-electron chi connectivity index (χ1n) is 7.84. The molecular weight excluding hydrogens is 358 g/mol. The van der Waals surface area contributed by atoms with Crippen LogP contribution < -0.4 is 34.8 Å². The van der Waals surface area contributed by atoms with Gasteiger partial charge in [0.25, 0.3) is 0 Å². The zero-order valence-electron chi connectivity index (χ0n) is 15.0. The van der Waals surface area contributed by atoms with Gasteiger partial charge in [-0.05, 0) is 49.8 Å². The molecule has 0 atom stereocenters. The van der Waals surface area contributed by atoms with Gasteiger partial charge in [0.15, 0.2) is 0 Å². The summed E-state index contributed by atoms with van der Waals surface area (Å²) in [5.74, 6) is 0. The minimum absolute atomic E-state index is 0. The summed E-state index contributed by atoms with van der Waals surface area (Å²) in [7, 11) is -5.25. The molecule has 3 aromatic rings. The molecule has 0 saturated carbocycles. The summed E-state index contributed by atoms with van der Waals surface area (Å²) >= 11 is 0. The zero-order valence-corrected chi connectivity index (χ0v) is 16.7. The van der Waals surface area contributed by atoms with Gasteiger partial charge in [0.05, 0.1) is 4.90 Å². The minimum atomic E-state index is -4.43. The molecule has 128 valence electrons. The monoisotopic (exact) mass is 376 g/mol. The third-order valence-corrected chi connectivity index (χ3v) is 7.16. The Morgan fingerprint density at radius 3 is 1.58 bits per heavy atom. The maximum Gasteiger partial charge on any atom is 1.00 e. The first-order chi connectivity index (χ1) is 11.8. The Hall–Kier alpha value is -1.40. The van der Waals surface area contributed by atoms with Crippen molar-refractivity contribution in [2.75, 3.05) is 0 Å². The maximum atomic E-state index is 11.2. The van der Waals surface area contributed by atoms with Crippen LogP contribution in [0.5, 0.6) is 0 Å². The molecule has 0 amide bonds. The second kappa shape index (κ2) is 8.52. The van der Waals surface area contributed by atoms with E-state index in [1.807, 2.05) is 12.1 Å². The predicted octanol–water partition coefficient (Wildman–Crippen LogP) is -0.0303. The molecule has 0 aliphatic carbocycles. The first kappa shape index (κ1) is 20.9. The Morgan fingerprint density at radius 1 is 0.731 bits per heavy atom. The number of benzene rings is 3. The van der Waals surface area contributed by atoms with E-state index >= 15 is 0 Å². The molecule has 0 bridgehead atoms. The molecule has 3 nitrogen and oxygen atoms in total. The van der Waals surface area contributed by atoms with Crippen LogP contribution >= 0.6 is 7.92 Å². The average molecular weight is 376 g/mol. The van der Waals surface area contributed by atoms with Gasteiger partial charge in [0.1, 0.15) is 10.1 Å².